The second-order valence-corrected chi connectivity index (χ2v) is 6.99. The lowest BCUT2D eigenvalue weighted by Crippen LogP contribution is -2.46. The van der Waals surface area contributed by atoms with Crippen molar-refractivity contribution >= 4 is 5.91 Å². The quantitative estimate of drug-likeness (QED) is 0.818. The second-order valence-electron chi connectivity index (χ2n) is 6.99. The van der Waals surface area contributed by atoms with Gasteiger partial charge in [-0.3, -0.25) is 4.79 Å². The number of ether oxygens (including phenoxy) is 2. The number of amides is 1. The van der Waals surface area contributed by atoms with Crippen molar-refractivity contribution in [2.45, 2.75) is 38.9 Å². The molecule has 2 atom stereocenters. The normalized spacial score (nSPS) is 20.0. The first-order valence-corrected chi connectivity index (χ1v) is 9.18. The first-order chi connectivity index (χ1) is 12.5. The van der Waals surface area contributed by atoms with Crippen molar-refractivity contribution in [2.75, 3.05) is 20.2 Å². The maximum atomic E-state index is 12.7. The van der Waals surface area contributed by atoms with Crippen LogP contribution in [0.25, 0.3) is 0 Å². The van der Waals surface area contributed by atoms with Crippen molar-refractivity contribution in [3.05, 3.63) is 65.2 Å². The van der Waals surface area contributed by atoms with Crippen LogP contribution in [0.15, 0.2) is 48.5 Å². The summed E-state index contributed by atoms with van der Waals surface area (Å²) in [6, 6.07) is 16.3. The zero-order chi connectivity index (χ0) is 18.5. The molecule has 0 saturated carbocycles. The third kappa shape index (κ3) is 4.64. The molecule has 0 spiro atoms. The van der Waals surface area contributed by atoms with Gasteiger partial charge in [0.2, 0.25) is 5.91 Å². The number of benzene rings is 2. The summed E-state index contributed by atoms with van der Waals surface area (Å²) in [7, 11) is 1.66. The third-order valence-corrected chi connectivity index (χ3v) is 4.85. The zero-order valence-corrected chi connectivity index (χ0v) is 15.8. The Morgan fingerprint density at radius 2 is 1.81 bits per heavy atom. The zero-order valence-electron chi connectivity index (χ0n) is 15.8. The van der Waals surface area contributed by atoms with E-state index in [0.717, 1.165) is 23.3 Å². The summed E-state index contributed by atoms with van der Waals surface area (Å²) in [5, 5.41) is 0. The van der Waals surface area contributed by atoms with Gasteiger partial charge >= 0.3 is 0 Å². The lowest BCUT2D eigenvalue weighted by molar-refractivity contribution is -0.144. The Bertz CT molecular complexity index is 724. The average Bonchev–Trinajstić information content (AvgIpc) is 2.66. The number of carbonyl (C=O) groups excluding carboxylic acids is 1. The maximum Gasteiger partial charge on any atom is 0.223 e. The predicted octanol–water partition coefficient (Wildman–Crippen LogP) is 3.92. The number of nitrogens with zero attached hydrogens (tertiary/aromatic N) is 1. The Kier molecular flexibility index (Phi) is 5.94. The molecule has 0 radical (unpaired) electrons. The smallest absolute Gasteiger partial charge is 0.223 e. The van der Waals surface area contributed by atoms with Crippen LogP contribution in [0.4, 0.5) is 0 Å². The van der Waals surface area contributed by atoms with E-state index < -0.39 is 0 Å². The highest BCUT2D eigenvalue weighted by Crippen LogP contribution is 2.26. The fourth-order valence-corrected chi connectivity index (χ4v) is 3.32. The summed E-state index contributed by atoms with van der Waals surface area (Å²) in [5.74, 6) is 1.02. The highest BCUT2D eigenvalue weighted by Gasteiger charge is 2.29. The number of methoxy groups -OCH3 is 1. The van der Waals surface area contributed by atoms with Gasteiger partial charge in [0.1, 0.15) is 11.9 Å². The van der Waals surface area contributed by atoms with Gasteiger partial charge in [-0.05, 0) is 43.5 Å². The van der Waals surface area contributed by atoms with Crippen LogP contribution in [-0.2, 0) is 16.0 Å². The topological polar surface area (TPSA) is 38.8 Å². The standard InChI is InChI=1S/C22H27NO3/c1-16-4-9-19(10-5-16)21-15-23(14-17(2)26-21)22(24)13-8-18-6-11-20(25-3)12-7-18/h4-7,9-12,17,21H,8,13-15H2,1-3H3. The van der Waals surface area contributed by atoms with Gasteiger partial charge < -0.3 is 14.4 Å². The summed E-state index contributed by atoms with van der Waals surface area (Å²) in [4.78, 5) is 14.7. The van der Waals surface area contributed by atoms with E-state index in [4.69, 9.17) is 9.47 Å². The summed E-state index contributed by atoms with van der Waals surface area (Å²) in [6.07, 6.45) is 1.24. The molecule has 26 heavy (non-hydrogen) atoms. The van der Waals surface area contributed by atoms with Gasteiger partial charge in [0, 0.05) is 13.0 Å². The molecule has 1 amide bonds. The lowest BCUT2D eigenvalue weighted by Gasteiger charge is -2.37. The van der Waals surface area contributed by atoms with Gasteiger partial charge in [0.15, 0.2) is 0 Å². The van der Waals surface area contributed by atoms with Crippen LogP contribution in [-0.4, -0.2) is 37.1 Å². The fraction of sp³-hybridized carbons (Fsp3) is 0.409. The molecule has 2 aromatic carbocycles. The molecule has 1 saturated heterocycles. The first kappa shape index (κ1) is 18.5. The van der Waals surface area contributed by atoms with E-state index >= 15 is 0 Å². The van der Waals surface area contributed by atoms with Crippen LogP contribution in [0.2, 0.25) is 0 Å². The highest BCUT2D eigenvalue weighted by atomic mass is 16.5. The number of hydrogen-bond acceptors (Lipinski definition) is 3. The molecule has 0 aliphatic carbocycles. The molecule has 138 valence electrons. The Morgan fingerprint density at radius 3 is 2.46 bits per heavy atom. The van der Waals surface area contributed by atoms with Gasteiger partial charge in [0.25, 0.3) is 0 Å². The van der Waals surface area contributed by atoms with E-state index in [2.05, 4.69) is 31.2 Å². The van der Waals surface area contributed by atoms with Crippen LogP contribution >= 0.6 is 0 Å². The van der Waals surface area contributed by atoms with Crippen LogP contribution in [0.3, 0.4) is 0 Å². The minimum Gasteiger partial charge on any atom is -0.497 e. The van der Waals surface area contributed by atoms with E-state index in [9.17, 15) is 4.79 Å². The molecular weight excluding hydrogens is 326 g/mol. The third-order valence-electron chi connectivity index (χ3n) is 4.85. The molecular formula is C22H27NO3. The van der Waals surface area contributed by atoms with Crippen LogP contribution in [0.5, 0.6) is 5.75 Å². The van der Waals surface area contributed by atoms with Crippen LogP contribution in [0.1, 0.15) is 36.1 Å². The number of morpholine rings is 1. The highest BCUT2D eigenvalue weighted by molar-refractivity contribution is 5.76. The molecule has 4 nitrogen and oxygen atoms in total. The van der Waals surface area contributed by atoms with Gasteiger partial charge in [-0.2, -0.15) is 0 Å². The molecule has 1 fully saturated rings. The van der Waals surface area contributed by atoms with Crippen molar-refractivity contribution in [2.24, 2.45) is 0 Å². The number of hydrogen-bond donors (Lipinski definition) is 0. The Balaban J connectivity index is 1.59. The monoisotopic (exact) mass is 353 g/mol. The molecule has 2 aromatic rings. The average molecular weight is 353 g/mol. The molecule has 1 aliphatic heterocycles. The SMILES string of the molecule is COc1ccc(CCC(=O)N2CC(C)OC(c3ccc(C)cc3)C2)cc1. The van der Waals surface area contributed by atoms with E-state index in [1.54, 1.807) is 7.11 Å². The molecule has 3 rings (SSSR count). The van der Waals surface area contributed by atoms with Gasteiger partial charge in [-0.1, -0.05) is 42.0 Å². The van der Waals surface area contributed by atoms with E-state index in [1.165, 1.54) is 5.56 Å². The summed E-state index contributed by atoms with van der Waals surface area (Å²) >= 11 is 0. The predicted molar refractivity (Wildman–Crippen MR) is 102 cm³/mol. The molecule has 2 unspecified atom stereocenters. The first-order valence-electron chi connectivity index (χ1n) is 9.18. The van der Waals surface area contributed by atoms with Crippen molar-refractivity contribution in [3.8, 4) is 5.75 Å². The molecule has 1 heterocycles. The van der Waals surface area contributed by atoms with E-state index in [1.807, 2.05) is 36.1 Å². The molecule has 1 aliphatic rings. The van der Waals surface area contributed by atoms with E-state index in [-0.39, 0.29) is 18.1 Å². The molecule has 0 bridgehead atoms. The van der Waals surface area contributed by atoms with Crippen LogP contribution < -0.4 is 4.74 Å². The van der Waals surface area contributed by atoms with Crippen molar-refractivity contribution in [1.29, 1.82) is 0 Å². The Morgan fingerprint density at radius 1 is 1.12 bits per heavy atom. The van der Waals surface area contributed by atoms with Gasteiger partial charge in [-0.15, -0.1) is 0 Å². The maximum absolute atomic E-state index is 12.7. The van der Waals surface area contributed by atoms with Gasteiger partial charge in [0.05, 0.1) is 19.8 Å². The molecule has 0 aromatic heterocycles. The molecule has 0 N–H and O–H groups in total. The summed E-state index contributed by atoms with van der Waals surface area (Å²) in [5.41, 5.74) is 3.51. The number of rotatable bonds is 5. The van der Waals surface area contributed by atoms with Gasteiger partial charge in [-0.25, -0.2) is 0 Å². The van der Waals surface area contributed by atoms with Crippen LogP contribution in [0, 0.1) is 6.92 Å². The Labute approximate surface area is 155 Å². The van der Waals surface area contributed by atoms with E-state index in [0.29, 0.717) is 19.5 Å². The minimum absolute atomic E-state index is 0.0417. The van der Waals surface area contributed by atoms with Crippen molar-refractivity contribution in [3.63, 3.8) is 0 Å². The minimum atomic E-state index is -0.0516. The largest absolute Gasteiger partial charge is 0.497 e. The summed E-state index contributed by atoms with van der Waals surface area (Å²) < 4.78 is 11.2. The summed E-state index contributed by atoms with van der Waals surface area (Å²) in [6.45, 7) is 5.38. The van der Waals surface area contributed by atoms with Crippen molar-refractivity contribution < 1.29 is 14.3 Å². The number of carbonyl (C=O) groups is 1. The lowest BCUT2D eigenvalue weighted by atomic mass is 10.0. The second kappa shape index (κ2) is 8.37. The fourth-order valence-electron chi connectivity index (χ4n) is 3.32. The number of aryl methyl sites for hydroxylation is 2. The Hall–Kier alpha value is -2.33. The molecule has 4 heteroatoms. The van der Waals surface area contributed by atoms with Crippen molar-refractivity contribution in [1.82, 2.24) is 4.90 Å².